The van der Waals surface area contributed by atoms with E-state index in [1.165, 1.54) is 15.6 Å². The zero-order valence-electron chi connectivity index (χ0n) is 12.3. The van der Waals surface area contributed by atoms with Crippen LogP contribution in [-0.2, 0) is 13.2 Å². The summed E-state index contributed by atoms with van der Waals surface area (Å²) in [6, 6.07) is 11.4. The first-order valence-electron chi connectivity index (χ1n) is 7.35. The smallest absolute Gasteiger partial charge is 0.0929 e. The number of nitrogens with zero attached hydrogens (tertiary/aromatic N) is 4. The summed E-state index contributed by atoms with van der Waals surface area (Å²) in [5, 5.41) is 4.37. The van der Waals surface area contributed by atoms with Crippen molar-refractivity contribution in [1.29, 1.82) is 0 Å². The fourth-order valence-corrected chi connectivity index (χ4v) is 3.37. The van der Waals surface area contributed by atoms with Gasteiger partial charge in [-0.25, -0.2) is 0 Å². The number of benzene rings is 1. The Morgan fingerprint density at radius 2 is 2.14 bits per heavy atom. The molecule has 1 aromatic heterocycles. The quantitative estimate of drug-likeness (QED) is 0.727. The molecule has 0 bridgehead atoms. The van der Waals surface area contributed by atoms with Crippen LogP contribution in [0.5, 0.6) is 0 Å². The predicted octanol–water partition coefficient (Wildman–Crippen LogP) is 2.65. The van der Waals surface area contributed by atoms with Crippen LogP contribution in [0.25, 0.3) is 0 Å². The number of hydrogen-bond acceptors (Lipinski definition) is 3. The van der Waals surface area contributed by atoms with Gasteiger partial charge in [0, 0.05) is 31.9 Å². The molecule has 1 aromatic carbocycles. The fourth-order valence-electron chi connectivity index (χ4n) is 2.92. The molecule has 1 fully saturated rings. The van der Waals surface area contributed by atoms with E-state index < -0.39 is 0 Å². The first kappa shape index (κ1) is 15.0. The average Bonchev–Trinajstić information content (AvgIpc) is 3.10. The van der Waals surface area contributed by atoms with Crippen LogP contribution in [0.4, 0.5) is 0 Å². The van der Waals surface area contributed by atoms with Crippen LogP contribution in [-0.4, -0.2) is 45.8 Å². The Kier molecular flexibility index (Phi) is 4.92. The van der Waals surface area contributed by atoms with Crippen molar-refractivity contribution in [2.75, 3.05) is 20.1 Å². The maximum absolute atomic E-state index is 4.37. The maximum atomic E-state index is 4.37. The summed E-state index contributed by atoms with van der Waals surface area (Å²) in [5.74, 6) is 0. The number of hydrogen-bond donors (Lipinski definition) is 0. The van der Waals surface area contributed by atoms with Crippen LogP contribution >= 0.6 is 22.6 Å². The van der Waals surface area contributed by atoms with Gasteiger partial charge in [-0.15, -0.1) is 0 Å². The summed E-state index contributed by atoms with van der Waals surface area (Å²) in [7, 11) is 2.23. The van der Waals surface area contributed by atoms with Gasteiger partial charge in [0.05, 0.1) is 16.4 Å². The summed E-state index contributed by atoms with van der Waals surface area (Å²) >= 11 is 2.30. The topological polar surface area (TPSA) is 24.3 Å². The molecule has 0 amide bonds. The Labute approximate surface area is 139 Å². The third kappa shape index (κ3) is 4.05. The monoisotopic (exact) mass is 396 g/mol. The van der Waals surface area contributed by atoms with E-state index in [2.05, 4.69) is 81.1 Å². The molecule has 0 spiro atoms. The van der Waals surface area contributed by atoms with Crippen LogP contribution in [0.2, 0.25) is 0 Å². The SMILES string of the molecule is CN(Cc1ccccc1)C1CCN(Cn2cc(I)cn2)C1. The Hall–Kier alpha value is -0.920. The van der Waals surface area contributed by atoms with E-state index in [-0.39, 0.29) is 0 Å². The van der Waals surface area contributed by atoms with Crippen LogP contribution in [0.3, 0.4) is 0 Å². The minimum absolute atomic E-state index is 0.639. The summed E-state index contributed by atoms with van der Waals surface area (Å²) in [5.41, 5.74) is 1.39. The van der Waals surface area contributed by atoms with Gasteiger partial charge in [0.15, 0.2) is 0 Å². The number of aromatic nitrogens is 2. The van der Waals surface area contributed by atoms with Crippen molar-refractivity contribution in [3.8, 4) is 0 Å². The van der Waals surface area contributed by atoms with Gasteiger partial charge >= 0.3 is 0 Å². The summed E-state index contributed by atoms with van der Waals surface area (Å²) in [6.07, 6.45) is 5.25. The zero-order chi connectivity index (χ0) is 14.7. The molecule has 0 aliphatic carbocycles. The molecule has 1 unspecified atom stereocenters. The van der Waals surface area contributed by atoms with Gasteiger partial charge < -0.3 is 0 Å². The molecule has 1 atom stereocenters. The lowest BCUT2D eigenvalue weighted by Gasteiger charge is -2.24. The van der Waals surface area contributed by atoms with Crippen molar-refractivity contribution in [3.63, 3.8) is 0 Å². The molecule has 1 aliphatic rings. The molecule has 0 N–H and O–H groups in total. The molecule has 2 aromatic rings. The minimum atomic E-state index is 0.639. The second kappa shape index (κ2) is 6.89. The van der Waals surface area contributed by atoms with E-state index in [0.29, 0.717) is 6.04 Å². The van der Waals surface area contributed by atoms with Crippen molar-refractivity contribution in [3.05, 3.63) is 51.9 Å². The molecule has 1 saturated heterocycles. The first-order chi connectivity index (χ1) is 10.2. The van der Waals surface area contributed by atoms with Crippen molar-refractivity contribution in [2.45, 2.75) is 25.7 Å². The van der Waals surface area contributed by atoms with E-state index in [1.807, 2.05) is 10.9 Å². The standard InChI is InChI=1S/C16H21IN4/c1-19(10-14-5-3-2-4-6-14)16-7-8-20(12-16)13-21-11-15(17)9-18-21/h2-6,9,11,16H,7-8,10,12-13H2,1H3. The molecular formula is C16H21IN4. The molecule has 2 heterocycles. The molecule has 3 rings (SSSR count). The summed E-state index contributed by atoms with van der Waals surface area (Å²) < 4.78 is 3.23. The van der Waals surface area contributed by atoms with Gasteiger partial charge in [-0.05, 0) is 41.6 Å². The Morgan fingerprint density at radius 1 is 1.33 bits per heavy atom. The number of rotatable bonds is 5. The minimum Gasteiger partial charge on any atom is -0.298 e. The molecule has 5 heteroatoms. The zero-order valence-corrected chi connectivity index (χ0v) is 14.5. The first-order valence-corrected chi connectivity index (χ1v) is 8.43. The third-order valence-corrected chi connectivity index (χ3v) is 4.65. The van der Waals surface area contributed by atoms with E-state index >= 15 is 0 Å². The van der Waals surface area contributed by atoms with Crippen LogP contribution in [0.1, 0.15) is 12.0 Å². The van der Waals surface area contributed by atoms with Gasteiger partial charge in [-0.1, -0.05) is 30.3 Å². The second-order valence-electron chi connectivity index (χ2n) is 5.76. The summed E-state index contributed by atoms with van der Waals surface area (Å²) in [6.45, 7) is 4.21. The third-order valence-electron chi connectivity index (χ3n) is 4.09. The van der Waals surface area contributed by atoms with Gasteiger partial charge in [0.25, 0.3) is 0 Å². The Balaban J connectivity index is 1.52. The highest BCUT2D eigenvalue weighted by Crippen LogP contribution is 2.17. The lowest BCUT2D eigenvalue weighted by molar-refractivity contribution is 0.202. The van der Waals surface area contributed by atoms with E-state index in [1.54, 1.807) is 0 Å². The van der Waals surface area contributed by atoms with Crippen molar-refractivity contribution in [2.24, 2.45) is 0 Å². The molecule has 0 saturated carbocycles. The Bertz CT molecular complexity index is 569. The fraction of sp³-hybridized carbons (Fsp3) is 0.438. The average molecular weight is 396 g/mol. The van der Waals surface area contributed by atoms with Gasteiger partial charge in [0.2, 0.25) is 0 Å². The number of halogens is 1. The highest BCUT2D eigenvalue weighted by molar-refractivity contribution is 14.1. The van der Waals surface area contributed by atoms with Crippen LogP contribution in [0, 0.1) is 3.57 Å². The van der Waals surface area contributed by atoms with Crippen LogP contribution in [0.15, 0.2) is 42.7 Å². The normalized spacial score (nSPS) is 19.5. The molecule has 0 radical (unpaired) electrons. The second-order valence-corrected chi connectivity index (χ2v) is 7.01. The Morgan fingerprint density at radius 3 is 2.86 bits per heavy atom. The van der Waals surface area contributed by atoms with Gasteiger partial charge in [-0.3, -0.25) is 14.5 Å². The van der Waals surface area contributed by atoms with E-state index in [0.717, 1.165) is 26.3 Å². The lowest BCUT2D eigenvalue weighted by atomic mass is 10.1. The van der Waals surface area contributed by atoms with Crippen molar-refractivity contribution < 1.29 is 0 Å². The largest absolute Gasteiger partial charge is 0.298 e. The van der Waals surface area contributed by atoms with E-state index in [4.69, 9.17) is 0 Å². The number of likely N-dealkylation sites (tertiary alicyclic amines) is 1. The summed E-state index contributed by atoms with van der Waals surface area (Å²) in [4.78, 5) is 4.96. The van der Waals surface area contributed by atoms with Gasteiger partial charge in [-0.2, -0.15) is 5.10 Å². The highest BCUT2D eigenvalue weighted by Gasteiger charge is 2.25. The molecule has 1 aliphatic heterocycles. The molecule has 21 heavy (non-hydrogen) atoms. The van der Waals surface area contributed by atoms with Crippen molar-refractivity contribution >= 4 is 22.6 Å². The number of likely N-dealkylation sites (N-methyl/N-ethyl adjacent to an activating group) is 1. The lowest BCUT2D eigenvalue weighted by Crippen LogP contribution is -2.34. The van der Waals surface area contributed by atoms with E-state index in [9.17, 15) is 0 Å². The highest BCUT2D eigenvalue weighted by atomic mass is 127. The van der Waals surface area contributed by atoms with Crippen LogP contribution < -0.4 is 0 Å². The molecule has 112 valence electrons. The molecule has 4 nitrogen and oxygen atoms in total. The van der Waals surface area contributed by atoms with Crippen molar-refractivity contribution in [1.82, 2.24) is 19.6 Å². The predicted molar refractivity (Wildman–Crippen MR) is 92.8 cm³/mol. The molecular weight excluding hydrogens is 375 g/mol. The van der Waals surface area contributed by atoms with Gasteiger partial charge in [0.1, 0.15) is 0 Å². The maximum Gasteiger partial charge on any atom is 0.0929 e.